The third-order valence-electron chi connectivity index (χ3n) is 1.14. The fraction of sp³-hybridized carbons (Fsp3) is 0.333. The molecule has 0 spiro atoms. The van der Waals surface area contributed by atoms with E-state index in [2.05, 4.69) is 18.2 Å². The monoisotopic (exact) mass is 151 g/mol. The van der Waals surface area contributed by atoms with Crippen molar-refractivity contribution in [3.8, 4) is 0 Å². The van der Waals surface area contributed by atoms with Crippen molar-refractivity contribution in [1.29, 1.82) is 0 Å². The number of rotatable bonds is 4. The highest BCUT2D eigenvalue weighted by Crippen LogP contribution is 2.03. The molecule has 0 rings (SSSR count). The molecule has 0 fully saturated rings. The molecular formula is C9H13NO. The molecule has 0 atom stereocenters. The second-order valence-corrected chi connectivity index (χ2v) is 2.48. The normalized spacial score (nSPS) is 10.5. The predicted molar refractivity (Wildman–Crippen MR) is 47.7 cm³/mol. The van der Waals surface area contributed by atoms with E-state index in [1.165, 1.54) is 12.3 Å². The minimum Gasteiger partial charge on any atom is -0.292 e. The summed E-state index contributed by atoms with van der Waals surface area (Å²) >= 11 is 0. The first-order valence-electron chi connectivity index (χ1n) is 3.47. The van der Waals surface area contributed by atoms with Gasteiger partial charge in [-0.25, -0.2) is 0 Å². The van der Waals surface area contributed by atoms with Gasteiger partial charge in [-0.2, -0.15) is 0 Å². The Morgan fingerprint density at radius 1 is 1.55 bits per heavy atom. The fourth-order valence-electron chi connectivity index (χ4n) is 0.540. The van der Waals surface area contributed by atoms with Crippen molar-refractivity contribution in [3.05, 3.63) is 24.9 Å². The highest BCUT2D eigenvalue weighted by atomic mass is 16.1. The van der Waals surface area contributed by atoms with Crippen LogP contribution in [0.4, 0.5) is 0 Å². The predicted octanol–water partition coefficient (Wildman–Crippen LogP) is 1.98. The van der Waals surface area contributed by atoms with Crippen LogP contribution in [0.15, 0.2) is 29.9 Å². The molecule has 0 unspecified atom stereocenters. The van der Waals surface area contributed by atoms with Crippen LogP contribution >= 0.6 is 0 Å². The van der Waals surface area contributed by atoms with Crippen molar-refractivity contribution in [2.75, 3.05) is 0 Å². The summed E-state index contributed by atoms with van der Waals surface area (Å²) in [6.45, 7) is 10.6. The molecule has 0 bridgehead atoms. The van der Waals surface area contributed by atoms with Gasteiger partial charge in [-0.05, 0) is 0 Å². The van der Waals surface area contributed by atoms with Gasteiger partial charge in [0, 0.05) is 12.1 Å². The first kappa shape index (κ1) is 9.82. The van der Waals surface area contributed by atoms with Crippen molar-refractivity contribution < 1.29 is 4.79 Å². The summed E-state index contributed by atoms with van der Waals surface area (Å²) in [5, 5.41) is 0. The number of nitrogens with zero attached hydrogens (tertiary/aromatic N) is 1. The van der Waals surface area contributed by atoms with Gasteiger partial charge in [0.25, 0.3) is 0 Å². The standard InChI is InChI=1S/C9H13NO/c1-5-6-10-8(4)9(11)7(2)3/h5-7H,1,4H2,2-3H3/b10-6-. The number of ketones is 1. The minimum atomic E-state index is -0.0375. The van der Waals surface area contributed by atoms with E-state index >= 15 is 0 Å². The first-order valence-corrected chi connectivity index (χ1v) is 3.47. The van der Waals surface area contributed by atoms with Crippen LogP contribution in [0, 0.1) is 5.92 Å². The van der Waals surface area contributed by atoms with E-state index in [1.54, 1.807) is 0 Å². The fourth-order valence-corrected chi connectivity index (χ4v) is 0.540. The quantitative estimate of drug-likeness (QED) is 0.446. The Morgan fingerprint density at radius 3 is 2.45 bits per heavy atom. The van der Waals surface area contributed by atoms with Crippen LogP contribution in [0.25, 0.3) is 0 Å². The molecule has 0 aromatic carbocycles. The lowest BCUT2D eigenvalue weighted by molar-refractivity contribution is -0.118. The summed E-state index contributed by atoms with van der Waals surface area (Å²) in [5.74, 6) is -0.0624. The van der Waals surface area contributed by atoms with E-state index in [1.807, 2.05) is 13.8 Å². The maximum absolute atomic E-state index is 11.1. The molecule has 0 saturated carbocycles. The molecule has 2 heteroatoms. The zero-order chi connectivity index (χ0) is 8.85. The third kappa shape index (κ3) is 3.50. The van der Waals surface area contributed by atoms with Gasteiger partial charge in [-0.3, -0.25) is 9.79 Å². The molecule has 0 aromatic rings. The van der Waals surface area contributed by atoms with Crippen LogP contribution in [-0.2, 0) is 4.79 Å². The van der Waals surface area contributed by atoms with Crippen LogP contribution in [0.1, 0.15) is 13.8 Å². The summed E-state index contributed by atoms with van der Waals surface area (Å²) in [6.07, 6.45) is 2.97. The molecule has 2 nitrogen and oxygen atoms in total. The van der Waals surface area contributed by atoms with Crippen LogP contribution in [0.2, 0.25) is 0 Å². The number of aliphatic imine (C=N–C) groups is 1. The Labute approximate surface area is 67.3 Å². The molecule has 0 aromatic heterocycles. The molecule has 0 aliphatic rings. The number of hydrogen-bond donors (Lipinski definition) is 0. The van der Waals surface area contributed by atoms with Gasteiger partial charge in [-0.1, -0.05) is 33.1 Å². The molecule has 60 valence electrons. The second-order valence-electron chi connectivity index (χ2n) is 2.48. The number of carbonyl (C=O) groups is 1. The van der Waals surface area contributed by atoms with Crippen LogP contribution in [-0.4, -0.2) is 12.0 Å². The minimum absolute atomic E-state index is 0.0249. The zero-order valence-electron chi connectivity index (χ0n) is 7.00. The summed E-state index contributed by atoms with van der Waals surface area (Å²) in [4.78, 5) is 14.9. The van der Waals surface area contributed by atoms with Gasteiger partial charge in [-0.15, -0.1) is 0 Å². The van der Waals surface area contributed by atoms with E-state index in [0.29, 0.717) is 5.70 Å². The lowest BCUT2D eigenvalue weighted by Gasteiger charge is -2.00. The Bertz CT molecular complexity index is 202. The Hall–Kier alpha value is -1.18. The first-order chi connectivity index (χ1) is 5.09. The van der Waals surface area contributed by atoms with E-state index in [-0.39, 0.29) is 11.7 Å². The second kappa shape index (κ2) is 4.61. The van der Waals surface area contributed by atoms with E-state index < -0.39 is 0 Å². The third-order valence-corrected chi connectivity index (χ3v) is 1.14. The van der Waals surface area contributed by atoms with Crippen LogP contribution < -0.4 is 0 Å². The largest absolute Gasteiger partial charge is 0.292 e. The van der Waals surface area contributed by atoms with Crippen molar-refractivity contribution in [2.24, 2.45) is 10.9 Å². The molecule has 0 amide bonds. The van der Waals surface area contributed by atoms with Crippen LogP contribution in [0.5, 0.6) is 0 Å². The zero-order valence-corrected chi connectivity index (χ0v) is 7.00. The lowest BCUT2D eigenvalue weighted by atomic mass is 10.1. The molecule has 0 radical (unpaired) electrons. The highest BCUT2D eigenvalue weighted by molar-refractivity contribution is 5.97. The summed E-state index contributed by atoms with van der Waals surface area (Å²) in [6, 6.07) is 0. The molecule has 0 heterocycles. The number of carbonyl (C=O) groups excluding carboxylic acids is 1. The van der Waals surface area contributed by atoms with Crippen molar-refractivity contribution >= 4 is 12.0 Å². The van der Waals surface area contributed by atoms with E-state index in [4.69, 9.17) is 0 Å². The van der Waals surface area contributed by atoms with Gasteiger partial charge in [0.15, 0.2) is 5.78 Å². The van der Waals surface area contributed by atoms with Gasteiger partial charge in [0.2, 0.25) is 0 Å². The average Bonchev–Trinajstić information content (AvgIpc) is 1.98. The Balaban J connectivity index is 4.15. The van der Waals surface area contributed by atoms with Crippen molar-refractivity contribution in [2.45, 2.75) is 13.8 Å². The molecule has 0 saturated heterocycles. The SMILES string of the molecule is C=C/C=N\C(=C)C(=O)C(C)C. The maximum Gasteiger partial charge on any atom is 0.183 e. The van der Waals surface area contributed by atoms with E-state index in [9.17, 15) is 4.79 Å². The van der Waals surface area contributed by atoms with Gasteiger partial charge >= 0.3 is 0 Å². The summed E-state index contributed by atoms with van der Waals surface area (Å²) in [5.41, 5.74) is 0.292. The molecular weight excluding hydrogens is 138 g/mol. The number of allylic oxidation sites excluding steroid dienone is 2. The van der Waals surface area contributed by atoms with Gasteiger partial charge in [0.1, 0.15) is 0 Å². The smallest absolute Gasteiger partial charge is 0.183 e. The molecule has 0 aliphatic carbocycles. The Kier molecular flexibility index (Phi) is 4.11. The Morgan fingerprint density at radius 2 is 2.09 bits per heavy atom. The lowest BCUT2D eigenvalue weighted by Crippen LogP contribution is -2.07. The van der Waals surface area contributed by atoms with Crippen LogP contribution in [0.3, 0.4) is 0 Å². The topological polar surface area (TPSA) is 29.4 Å². The van der Waals surface area contributed by atoms with Crippen molar-refractivity contribution in [3.63, 3.8) is 0 Å². The molecule has 0 aliphatic heterocycles. The average molecular weight is 151 g/mol. The summed E-state index contributed by atoms with van der Waals surface area (Å²) < 4.78 is 0. The molecule has 11 heavy (non-hydrogen) atoms. The van der Waals surface area contributed by atoms with Gasteiger partial charge < -0.3 is 0 Å². The maximum atomic E-state index is 11.1. The highest BCUT2D eigenvalue weighted by Gasteiger charge is 2.08. The molecule has 0 N–H and O–H groups in total. The number of hydrogen-bond acceptors (Lipinski definition) is 2. The van der Waals surface area contributed by atoms with Crippen molar-refractivity contribution in [1.82, 2.24) is 0 Å². The van der Waals surface area contributed by atoms with E-state index in [0.717, 1.165) is 0 Å². The summed E-state index contributed by atoms with van der Waals surface area (Å²) in [7, 11) is 0. The van der Waals surface area contributed by atoms with Gasteiger partial charge in [0.05, 0.1) is 5.70 Å². The number of Topliss-reactive ketones (excluding diaryl/α,β-unsaturated/α-hetero) is 1.